The second kappa shape index (κ2) is 4.44. The van der Waals surface area contributed by atoms with E-state index in [9.17, 15) is 13.6 Å². The van der Waals surface area contributed by atoms with E-state index in [1.54, 1.807) is 18.2 Å². The van der Waals surface area contributed by atoms with Crippen molar-refractivity contribution in [3.63, 3.8) is 0 Å². The quantitative estimate of drug-likeness (QED) is 0.816. The van der Waals surface area contributed by atoms with E-state index in [2.05, 4.69) is 10.1 Å². The minimum atomic E-state index is -1.32. The molecule has 108 valence electrons. The van der Waals surface area contributed by atoms with Crippen LogP contribution in [0.2, 0.25) is 0 Å². The van der Waals surface area contributed by atoms with Gasteiger partial charge in [-0.05, 0) is 18.9 Å². The normalized spacial score (nSPS) is 24.1. The van der Waals surface area contributed by atoms with Gasteiger partial charge < -0.3 is 0 Å². The van der Waals surface area contributed by atoms with Crippen LogP contribution in [0.25, 0.3) is 0 Å². The Balaban J connectivity index is 1.75. The van der Waals surface area contributed by atoms with Crippen molar-refractivity contribution in [2.75, 3.05) is 0 Å². The first-order valence-corrected chi connectivity index (χ1v) is 7.04. The Morgan fingerprint density at radius 2 is 2.05 bits per heavy atom. The van der Waals surface area contributed by atoms with Crippen molar-refractivity contribution in [3.05, 3.63) is 47.3 Å². The maximum absolute atomic E-state index is 14.1. The summed E-state index contributed by atoms with van der Waals surface area (Å²) < 4.78 is 29.4. The molecule has 2 aliphatic rings. The Kier molecular flexibility index (Phi) is 2.67. The number of hydrogen-bond donors (Lipinski definition) is 0. The summed E-state index contributed by atoms with van der Waals surface area (Å²) >= 11 is 0. The summed E-state index contributed by atoms with van der Waals surface area (Å²) in [6, 6.07) is 5.71. The Morgan fingerprint density at radius 1 is 1.29 bits per heavy atom. The highest BCUT2D eigenvalue weighted by Gasteiger charge is 2.39. The molecule has 1 fully saturated rings. The van der Waals surface area contributed by atoms with Gasteiger partial charge in [-0.2, -0.15) is 0 Å². The smallest absolute Gasteiger partial charge is 0.217 e. The maximum atomic E-state index is 14.1. The average Bonchev–Trinajstić information content (AvgIpc) is 3.15. The lowest BCUT2D eigenvalue weighted by Gasteiger charge is -2.12. The first-order valence-electron chi connectivity index (χ1n) is 7.04. The molecule has 0 amide bonds. The zero-order valence-electron chi connectivity index (χ0n) is 11.2. The van der Waals surface area contributed by atoms with Crippen molar-refractivity contribution in [2.45, 2.75) is 31.5 Å². The SMILES string of the molecule is O=C(c1nc2n(n1)[C@H](c1ccccc1F)C[C@@H]2F)C1CC1. The number of nitrogens with zero attached hydrogens (tertiary/aromatic N) is 3. The van der Waals surface area contributed by atoms with Gasteiger partial charge in [0.2, 0.25) is 11.6 Å². The molecule has 0 N–H and O–H groups in total. The van der Waals surface area contributed by atoms with Gasteiger partial charge in [0.25, 0.3) is 0 Å². The summed E-state index contributed by atoms with van der Waals surface area (Å²) in [6.07, 6.45) is 0.480. The predicted molar refractivity (Wildman–Crippen MR) is 70.1 cm³/mol. The number of ketones is 1. The summed E-state index contributed by atoms with van der Waals surface area (Å²) in [5.41, 5.74) is 0.384. The molecule has 0 saturated heterocycles. The van der Waals surface area contributed by atoms with E-state index in [1.165, 1.54) is 10.7 Å². The molecule has 21 heavy (non-hydrogen) atoms. The number of rotatable bonds is 3. The first kappa shape index (κ1) is 12.6. The summed E-state index contributed by atoms with van der Waals surface area (Å²) in [6.45, 7) is 0. The number of hydrogen-bond acceptors (Lipinski definition) is 3. The van der Waals surface area contributed by atoms with Crippen LogP contribution in [0.15, 0.2) is 24.3 Å². The van der Waals surface area contributed by atoms with Crippen LogP contribution in [-0.4, -0.2) is 20.5 Å². The second-order valence-electron chi connectivity index (χ2n) is 5.62. The Labute approximate surface area is 119 Å². The van der Waals surface area contributed by atoms with Gasteiger partial charge in [0, 0.05) is 17.9 Å². The van der Waals surface area contributed by atoms with Crippen LogP contribution in [0.1, 0.15) is 53.5 Å². The largest absolute Gasteiger partial charge is 0.290 e. The molecule has 1 saturated carbocycles. The summed E-state index contributed by atoms with van der Waals surface area (Å²) in [7, 11) is 0. The number of aromatic nitrogens is 3. The molecule has 0 radical (unpaired) electrons. The van der Waals surface area contributed by atoms with Crippen molar-refractivity contribution in [3.8, 4) is 0 Å². The van der Waals surface area contributed by atoms with Gasteiger partial charge in [-0.1, -0.05) is 18.2 Å². The molecule has 6 heteroatoms. The molecule has 0 bridgehead atoms. The van der Waals surface area contributed by atoms with Gasteiger partial charge in [0.05, 0.1) is 6.04 Å². The summed E-state index contributed by atoms with van der Waals surface area (Å²) in [4.78, 5) is 16.0. The highest BCUT2D eigenvalue weighted by atomic mass is 19.1. The Bertz CT molecular complexity index is 723. The predicted octanol–water partition coefficient (Wildman–Crippen LogP) is 3.01. The zero-order valence-corrected chi connectivity index (χ0v) is 11.2. The van der Waals surface area contributed by atoms with Crippen LogP contribution in [0.5, 0.6) is 0 Å². The highest BCUT2D eigenvalue weighted by Crippen LogP contribution is 2.41. The molecule has 1 aromatic carbocycles. The third kappa shape index (κ3) is 1.97. The minimum Gasteiger partial charge on any atom is -0.290 e. The van der Waals surface area contributed by atoms with E-state index in [0.29, 0.717) is 5.56 Å². The minimum absolute atomic E-state index is 0.0156. The standard InChI is InChI=1S/C15H13F2N3O/c16-10-4-2-1-3-9(10)12-7-11(17)15-18-14(19-20(12)15)13(21)8-5-6-8/h1-4,8,11-12H,5-7H2/t11-,12-/m0/s1. The third-order valence-corrected chi connectivity index (χ3v) is 4.10. The number of Topliss-reactive ketones (excluding diaryl/α,β-unsaturated/α-hetero) is 1. The molecule has 1 aliphatic carbocycles. The molecule has 2 atom stereocenters. The Morgan fingerprint density at radius 3 is 2.76 bits per heavy atom. The molecule has 4 nitrogen and oxygen atoms in total. The summed E-state index contributed by atoms with van der Waals surface area (Å²) in [5, 5.41) is 4.15. The lowest BCUT2D eigenvalue weighted by atomic mass is 10.0. The van der Waals surface area contributed by atoms with Crippen LogP contribution in [0.3, 0.4) is 0 Å². The van der Waals surface area contributed by atoms with Gasteiger partial charge in [-0.15, -0.1) is 5.10 Å². The van der Waals surface area contributed by atoms with Gasteiger partial charge in [-0.25, -0.2) is 18.4 Å². The topological polar surface area (TPSA) is 47.8 Å². The van der Waals surface area contributed by atoms with E-state index in [4.69, 9.17) is 0 Å². The van der Waals surface area contributed by atoms with E-state index < -0.39 is 18.0 Å². The van der Waals surface area contributed by atoms with Crippen molar-refractivity contribution in [1.29, 1.82) is 0 Å². The summed E-state index contributed by atoms with van der Waals surface area (Å²) in [5.74, 6) is -0.342. The number of carbonyl (C=O) groups is 1. The van der Waals surface area contributed by atoms with Crippen molar-refractivity contribution in [2.24, 2.45) is 5.92 Å². The van der Waals surface area contributed by atoms with Crippen molar-refractivity contribution >= 4 is 5.78 Å². The number of halogens is 2. The Hall–Kier alpha value is -2.11. The average molecular weight is 289 g/mol. The molecule has 2 aromatic rings. The van der Waals surface area contributed by atoms with Gasteiger partial charge >= 0.3 is 0 Å². The van der Waals surface area contributed by atoms with Crippen LogP contribution >= 0.6 is 0 Å². The number of carbonyl (C=O) groups excluding carboxylic acids is 1. The van der Waals surface area contributed by atoms with E-state index in [1.807, 2.05) is 0 Å². The first-order chi connectivity index (χ1) is 10.1. The lowest BCUT2D eigenvalue weighted by Crippen LogP contribution is -2.11. The molecule has 0 spiro atoms. The number of alkyl halides is 1. The van der Waals surface area contributed by atoms with Crippen LogP contribution < -0.4 is 0 Å². The van der Waals surface area contributed by atoms with Crippen molar-refractivity contribution in [1.82, 2.24) is 14.8 Å². The molecule has 0 unspecified atom stereocenters. The molecule has 1 aromatic heterocycles. The molecule has 2 heterocycles. The second-order valence-corrected chi connectivity index (χ2v) is 5.62. The highest BCUT2D eigenvalue weighted by molar-refractivity contribution is 5.95. The van der Waals surface area contributed by atoms with Crippen LogP contribution in [0.4, 0.5) is 8.78 Å². The van der Waals surface area contributed by atoms with E-state index in [-0.39, 0.29) is 29.8 Å². The molecule has 4 rings (SSSR count). The van der Waals surface area contributed by atoms with Gasteiger partial charge in [0.15, 0.2) is 12.0 Å². The van der Waals surface area contributed by atoms with Crippen molar-refractivity contribution < 1.29 is 13.6 Å². The van der Waals surface area contributed by atoms with E-state index in [0.717, 1.165) is 12.8 Å². The molecular weight excluding hydrogens is 276 g/mol. The fourth-order valence-corrected chi connectivity index (χ4v) is 2.82. The monoisotopic (exact) mass is 289 g/mol. The van der Waals surface area contributed by atoms with Gasteiger partial charge in [-0.3, -0.25) is 4.79 Å². The van der Waals surface area contributed by atoms with Crippen LogP contribution in [0, 0.1) is 11.7 Å². The van der Waals surface area contributed by atoms with Gasteiger partial charge in [0.1, 0.15) is 5.82 Å². The number of benzene rings is 1. The molecular formula is C15H13F2N3O. The van der Waals surface area contributed by atoms with Crippen LogP contribution in [-0.2, 0) is 0 Å². The third-order valence-electron chi connectivity index (χ3n) is 4.10. The van der Waals surface area contributed by atoms with E-state index >= 15 is 0 Å². The fraction of sp³-hybridized carbons (Fsp3) is 0.400. The maximum Gasteiger partial charge on any atom is 0.217 e. The molecule has 1 aliphatic heterocycles. The zero-order chi connectivity index (χ0) is 14.6. The lowest BCUT2D eigenvalue weighted by molar-refractivity contribution is 0.0956. The fourth-order valence-electron chi connectivity index (χ4n) is 2.82. The number of fused-ring (bicyclic) bond motifs is 1.